The van der Waals surface area contributed by atoms with E-state index in [0.29, 0.717) is 18.0 Å². The summed E-state index contributed by atoms with van der Waals surface area (Å²) in [6.07, 6.45) is 3.73. The second-order valence-electron chi connectivity index (χ2n) is 9.19. The Morgan fingerprint density at radius 1 is 0.774 bits per heavy atom. The lowest BCUT2D eigenvalue weighted by Gasteiger charge is -2.54. The van der Waals surface area contributed by atoms with Gasteiger partial charge in [-0.1, -0.05) is 91.9 Å². The zero-order valence-electron chi connectivity index (χ0n) is 18.6. The molecule has 3 heterocycles. The molecule has 2 bridgehead atoms. The van der Waals surface area contributed by atoms with Crippen molar-refractivity contribution in [1.29, 1.82) is 0 Å². The summed E-state index contributed by atoms with van der Waals surface area (Å²) in [5, 5.41) is 4.07. The Labute approximate surface area is 187 Å². The van der Waals surface area contributed by atoms with Crippen LogP contribution >= 0.6 is 0 Å². The number of nitrogens with zero attached hydrogens (tertiary/aromatic N) is 1. The van der Waals surface area contributed by atoms with E-state index in [1.54, 1.807) is 0 Å². The standard InChI is InChI=1S/C29H34N2/c1-2-22-11-9-10-16-26(22)21-30-28-25-17-19-31(20-18-25)29(28)27(23-12-5-3-6-13-23)24-14-7-4-8-15-24/h3-16,25,27-30H,2,17-21H2,1H3/t28-,29+/m1/s1. The fourth-order valence-corrected chi connectivity index (χ4v) is 6.00. The van der Waals surface area contributed by atoms with Crippen LogP contribution < -0.4 is 5.32 Å². The monoisotopic (exact) mass is 410 g/mol. The summed E-state index contributed by atoms with van der Waals surface area (Å²) in [5.74, 6) is 1.16. The van der Waals surface area contributed by atoms with Gasteiger partial charge in [0.1, 0.15) is 0 Å². The number of aryl methyl sites for hydroxylation is 1. The number of fused-ring (bicyclic) bond motifs is 3. The van der Waals surface area contributed by atoms with Crippen LogP contribution in [0.5, 0.6) is 0 Å². The Kier molecular flexibility index (Phi) is 6.20. The predicted molar refractivity (Wildman–Crippen MR) is 129 cm³/mol. The van der Waals surface area contributed by atoms with Crippen LogP contribution in [0.4, 0.5) is 0 Å². The maximum absolute atomic E-state index is 4.07. The molecule has 2 heteroatoms. The van der Waals surface area contributed by atoms with Gasteiger partial charge in [-0.25, -0.2) is 0 Å². The van der Waals surface area contributed by atoms with Crippen molar-refractivity contribution in [3.8, 4) is 0 Å². The minimum absolute atomic E-state index is 0.393. The summed E-state index contributed by atoms with van der Waals surface area (Å²) in [5.41, 5.74) is 5.80. The maximum atomic E-state index is 4.07. The van der Waals surface area contributed by atoms with Crippen molar-refractivity contribution in [1.82, 2.24) is 10.2 Å². The van der Waals surface area contributed by atoms with Crippen molar-refractivity contribution < 1.29 is 0 Å². The molecule has 0 spiro atoms. The Morgan fingerprint density at radius 2 is 1.32 bits per heavy atom. The van der Waals surface area contributed by atoms with Crippen LogP contribution in [-0.4, -0.2) is 30.1 Å². The molecule has 0 saturated carbocycles. The molecule has 0 radical (unpaired) electrons. The van der Waals surface area contributed by atoms with Crippen molar-refractivity contribution in [2.75, 3.05) is 13.1 Å². The number of nitrogens with one attached hydrogen (secondary N) is 1. The molecule has 3 aliphatic heterocycles. The summed E-state index contributed by atoms with van der Waals surface area (Å²) in [4.78, 5) is 2.77. The average molecular weight is 411 g/mol. The highest BCUT2D eigenvalue weighted by Crippen LogP contribution is 2.42. The number of hydrogen-bond acceptors (Lipinski definition) is 2. The van der Waals surface area contributed by atoms with Gasteiger partial charge in [0.25, 0.3) is 0 Å². The summed E-state index contributed by atoms with van der Waals surface area (Å²) >= 11 is 0. The lowest BCUT2D eigenvalue weighted by molar-refractivity contribution is 0.00466. The normalized spacial score (nSPS) is 25.1. The molecule has 6 rings (SSSR count). The third-order valence-electron chi connectivity index (χ3n) is 7.56. The van der Waals surface area contributed by atoms with Crippen LogP contribution in [0.1, 0.15) is 47.9 Å². The van der Waals surface area contributed by atoms with Gasteiger partial charge in [0.15, 0.2) is 0 Å². The minimum Gasteiger partial charge on any atom is -0.308 e. The molecule has 3 fully saturated rings. The molecule has 3 saturated heterocycles. The highest BCUT2D eigenvalue weighted by molar-refractivity contribution is 5.36. The number of hydrogen-bond donors (Lipinski definition) is 1. The third-order valence-corrected chi connectivity index (χ3v) is 7.56. The van der Waals surface area contributed by atoms with Gasteiger partial charge in [0, 0.05) is 24.5 Å². The quantitative estimate of drug-likeness (QED) is 0.543. The van der Waals surface area contributed by atoms with Crippen LogP contribution in [0.3, 0.4) is 0 Å². The first-order chi connectivity index (χ1) is 15.3. The fourth-order valence-electron chi connectivity index (χ4n) is 6.00. The molecular formula is C29H34N2. The largest absolute Gasteiger partial charge is 0.308 e. The highest BCUT2D eigenvalue weighted by atomic mass is 15.2. The van der Waals surface area contributed by atoms with E-state index in [4.69, 9.17) is 0 Å². The number of rotatable bonds is 7. The van der Waals surface area contributed by atoms with Crippen LogP contribution in [0.25, 0.3) is 0 Å². The molecule has 0 unspecified atom stereocenters. The van der Waals surface area contributed by atoms with Crippen molar-refractivity contribution in [3.05, 3.63) is 107 Å². The average Bonchev–Trinajstić information content (AvgIpc) is 2.85. The topological polar surface area (TPSA) is 15.3 Å². The molecule has 0 aromatic heterocycles. The van der Waals surface area contributed by atoms with E-state index in [9.17, 15) is 0 Å². The lowest BCUT2D eigenvalue weighted by Crippen LogP contribution is -2.64. The first-order valence-corrected chi connectivity index (χ1v) is 12.0. The molecule has 31 heavy (non-hydrogen) atoms. The SMILES string of the molecule is CCc1ccccc1CN[C@@H]1C2CCN(CC2)[C@H]1C(c1ccccc1)c1ccccc1. The molecule has 2 nitrogen and oxygen atoms in total. The van der Waals surface area contributed by atoms with Gasteiger partial charge in [-0.3, -0.25) is 4.90 Å². The molecule has 2 atom stereocenters. The Bertz CT molecular complexity index is 921. The second kappa shape index (κ2) is 9.38. The zero-order valence-corrected chi connectivity index (χ0v) is 18.6. The number of piperidine rings is 3. The highest BCUT2D eigenvalue weighted by Gasteiger charge is 2.46. The van der Waals surface area contributed by atoms with Crippen molar-refractivity contribution >= 4 is 0 Å². The molecule has 1 N–H and O–H groups in total. The smallest absolute Gasteiger partial charge is 0.0361 e. The Balaban J connectivity index is 1.49. The molecule has 3 aliphatic rings. The van der Waals surface area contributed by atoms with Gasteiger partial charge < -0.3 is 5.32 Å². The van der Waals surface area contributed by atoms with Gasteiger partial charge in [-0.15, -0.1) is 0 Å². The molecular weight excluding hydrogens is 376 g/mol. The van der Waals surface area contributed by atoms with Gasteiger partial charge in [-0.05, 0) is 60.5 Å². The van der Waals surface area contributed by atoms with E-state index < -0.39 is 0 Å². The van der Waals surface area contributed by atoms with E-state index in [2.05, 4.69) is 102 Å². The van der Waals surface area contributed by atoms with E-state index in [1.165, 1.54) is 48.2 Å². The van der Waals surface area contributed by atoms with Gasteiger partial charge in [0.05, 0.1) is 0 Å². The van der Waals surface area contributed by atoms with Crippen molar-refractivity contribution in [2.45, 2.75) is 50.7 Å². The van der Waals surface area contributed by atoms with Crippen molar-refractivity contribution in [2.24, 2.45) is 5.92 Å². The second-order valence-corrected chi connectivity index (χ2v) is 9.19. The van der Waals surface area contributed by atoms with Crippen LogP contribution in [0, 0.1) is 5.92 Å². The van der Waals surface area contributed by atoms with E-state index in [-0.39, 0.29) is 0 Å². The maximum Gasteiger partial charge on any atom is 0.0361 e. The van der Waals surface area contributed by atoms with Gasteiger partial charge in [-0.2, -0.15) is 0 Å². The van der Waals surface area contributed by atoms with Crippen LogP contribution in [0.2, 0.25) is 0 Å². The summed E-state index contributed by atoms with van der Waals surface area (Å²) in [6, 6.07) is 32.3. The Hall–Kier alpha value is -2.42. The molecule has 3 aromatic carbocycles. The first kappa shape index (κ1) is 20.5. The molecule has 0 aliphatic carbocycles. The Morgan fingerprint density at radius 3 is 1.90 bits per heavy atom. The van der Waals surface area contributed by atoms with E-state index >= 15 is 0 Å². The van der Waals surface area contributed by atoms with E-state index in [1.807, 2.05) is 0 Å². The minimum atomic E-state index is 0.393. The van der Waals surface area contributed by atoms with Gasteiger partial charge in [0.2, 0.25) is 0 Å². The fraction of sp³-hybridized carbons (Fsp3) is 0.379. The third kappa shape index (κ3) is 4.20. The van der Waals surface area contributed by atoms with Crippen LogP contribution in [-0.2, 0) is 13.0 Å². The summed E-state index contributed by atoms with van der Waals surface area (Å²) < 4.78 is 0. The van der Waals surface area contributed by atoms with E-state index in [0.717, 1.165) is 18.9 Å². The summed E-state index contributed by atoms with van der Waals surface area (Å²) in [7, 11) is 0. The van der Waals surface area contributed by atoms with Gasteiger partial charge >= 0.3 is 0 Å². The zero-order chi connectivity index (χ0) is 21.0. The number of benzene rings is 3. The van der Waals surface area contributed by atoms with Crippen LogP contribution in [0.15, 0.2) is 84.9 Å². The summed E-state index contributed by atoms with van der Waals surface area (Å²) in [6.45, 7) is 5.69. The van der Waals surface area contributed by atoms with Crippen molar-refractivity contribution in [3.63, 3.8) is 0 Å². The predicted octanol–water partition coefficient (Wildman–Crippen LogP) is 5.63. The lowest BCUT2D eigenvalue weighted by atomic mass is 9.70. The molecule has 160 valence electrons. The molecule has 0 amide bonds. The molecule has 3 aromatic rings. The first-order valence-electron chi connectivity index (χ1n) is 12.0.